The summed E-state index contributed by atoms with van der Waals surface area (Å²) in [5, 5.41) is 0. The van der Waals surface area contributed by atoms with E-state index in [0.717, 1.165) is 5.56 Å². The zero-order valence-electron chi connectivity index (χ0n) is 11.5. The van der Waals surface area contributed by atoms with Crippen molar-refractivity contribution in [1.29, 1.82) is 0 Å². The Hall–Kier alpha value is -1.73. The second kappa shape index (κ2) is 6.27. The maximum Gasteiger partial charge on any atom is 0.331 e. The second-order valence-electron chi connectivity index (χ2n) is 5.07. The fourth-order valence-corrected chi connectivity index (χ4v) is 1.96. The largest absolute Gasteiger partial charge is 0.361 e. The summed E-state index contributed by atoms with van der Waals surface area (Å²) in [6.07, 6.45) is 0.386. The predicted molar refractivity (Wildman–Crippen MR) is 72.7 cm³/mol. The van der Waals surface area contributed by atoms with E-state index in [1.807, 2.05) is 6.92 Å². The molecule has 18 heavy (non-hydrogen) atoms. The Bertz CT molecular complexity index is 468. The van der Waals surface area contributed by atoms with Gasteiger partial charge in [0.1, 0.15) is 0 Å². The molecule has 0 aliphatic heterocycles. The van der Waals surface area contributed by atoms with Crippen molar-refractivity contribution in [3.8, 4) is 0 Å². The van der Waals surface area contributed by atoms with Crippen LogP contribution in [0.15, 0.2) is 24.3 Å². The van der Waals surface area contributed by atoms with Crippen LogP contribution in [0.2, 0.25) is 0 Å². The van der Waals surface area contributed by atoms with Crippen LogP contribution in [-0.4, -0.2) is 16.3 Å². The SMILES string of the molecule is CC(=[N+]=[N-])C(=O)CC(c1ccc(C)cc1)C(C)C. The van der Waals surface area contributed by atoms with Gasteiger partial charge in [-0.1, -0.05) is 43.7 Å². The van der Waals surface area contributed by atoms with Gasteiger partial charge in [-0.3, -0.25) is 4.79 Å². The van der Waals surface area contributed by atoms with Crippen LogP contribution in [0.5, 0.6) is 0 Å². The van der Waals surface area contributed by atoms with Crippen LogP contribution in [-0.2, 0) is 4.79 Å². The smallest absolute Gasteiger partial charge is 0.331 e. The molecule has 1 unspecified atom stereocenters. The quantitative estimate of drug-likeness (QED) is 0.445. The highest BCUT2D eigenvalue weighted by Gasteiger charge is 2.23. The maximum atomic E-state index is 11.8. The number of nitrogens with zero attached hydrogens (tertiary/aromatic N) is 2. The molecule has 0 N–H and O–H groups in total. The number of ketones is 1. The molecular weight excluding hydrogens is 224 g/mol. The standard InChI is InChI=1S/C15H20N2O/c1-10(2)14(9-15(18)12(4)17-16)13-7-5-11(3)6-8-13/h5-8,10,14H,9H2,1-4H3. The molecule has 0 radical (unpaired) electrons. The first-order chi connectivity index (χ1) is 8.45. The van der Waals surface area contributed by atoms with Crippen LogP contribution in [0, 0.1) is 12.8 Å². The van der Waals surface area contributed by atoms with Gasteiger partial charge in [-0.2, -0.15) is 4.79 Å². The van der Waals surface area contributed by atoms with E-state index in [4.69, 9.17) is 5.53 Å². The monoisotopic (exact) mass is 244 g/mol. The molecule has 1 aromatic carbocycles. The molecule has 0 aliphatic rings. The summed E-state index contributed by atoms with van der Waals surface area (Å²) < 4.78 is 0. The Kier molecular flexibility index (Phi) is 4.99. The van der Waals surface area contributed by atoms with Crippen molar-refractivity contribution in [3.05, 3.63) is 40.9 Å². The lowest BCUT2D eigenvalue weighted by molar-refractivity contribution is -0.117. The van der Waals surface area contributed by atoms with Gasteiger partial charge in [-0.25, -0.2) is 0 Å². The molecule has 0 saturated heterocycles. The van der Waals surface area contributed by atoms with Crippen molar-refractivity contribution < 1.29 is 9.58 Å². The number of aryl methyl sites for hydroxylation is 1. The Morgan fingerprint density at radius 1 is 1.28 bits per heavy atom. The molecule has 1 aromatic rings. The molecule has 0 aromatic heterocycles. The molecule has 0 saturated carbocycles. The van der Waals surface area contributed by atoms with E-state index in [-0.39, 0.29) is 17.4 Å². The van der Waals surface area contributed by atoms with Crippen molar-refractivity contribution in [1.82, 2.24) is 0 Å². The van der Waals surface area contributed by atoms with Gasteiger partial charge in [0, 0.05) is 13.3 Å². The van der Waals surface area contributed by atoms with Gasteiger partial charge in [0.15, 0.2) is 0 Å². The summed E-state index contributed by atoms with van der Waals surface area (Å²) in [7, 11) is 0. The van der Waals surface area contributed by atoms with Gasteiger partial charge in [-0.15, -0.1) is 0 Å². The number of carbonyl (C=O) groups excluding carboxylic acids is 1. The van der Waals surface area contributed by atoms with Crippen LogP contribution >= 0.6 is 0 Å². The minimum atomic E-state index is -0.100. The second-order valence-corrected chi connectivity index (χ2v) is 5.07. The molecule has 0 spiro atoms. The van der Waals surface area contributed by atoms with E-state index >= 15 is 0 Å². The average molecular weight is 244 g/mol. The summed E-state index contributed by atoms with van der Waals surface area (Å²) in [6.45, 7) is 7.78. The van der Waals surface area contributed by atoms with Crippen molar-refractivity contribution >= 4 is 11.5 Å². The number of hydrogen-bond donors (Lipinski definition) is 0. The Morgan fingerprint density at radius 3 is 2.28 bits per heavy atom. The number of hydrogen-bond acceptors (Lipinski definition) is 1. The van der Waals surface area contributed by atoms with E-state index in [1.54, 1.807) is 0 Å². The molecule has 3 nitrogen and oxygen atoms in total. The minimum absolute atomic E-state index is 0.100. The van der Waals surface area contributed by atoms with Crippen molar-refractivity contribution in [2.75, 3.05) is 0 Å². The van der Waals surface area contributed by atoms with E-state index in [2.05, 4.69) is 42.9 Å². The highest BCUT2D eigenvalue weighted by molar-refractivity contribution is 6.36. The van der Waals surface area contributed by atoms with Crippen LogP contribution in [0.4, 0.5) is 0 Å². The van der Waals surface area contributed by atoms with Gasteiger partial charge in [0.05, 0.1) is 0 Å². The molecule has 0 bridgehead atoms. The normalized spacial score (nSPS) is 12.1. The Balaban J connectivity index is 2.94. The lowest BCUT2D eigenvalue weighted by Crippen LogP contribution is -2.18. The van der Waals surface area contributed by atoms with Gasteiger partial charge in [-0.05, 0) is 24.3 Å². The molecule has 0 aliphatic carbocycles. The first kappa shape index (κ1) is 14.3. The third-order valence-corrected chi connectivity index (χ3v) is 3.27. The molecule has 0 amide bonds. The minimum Gasteiger partial charge on any atom is -0.361 e. The van der Waals surface area contributed by atoms with Gasteiger partial charge >= 0.3 is 5.71 Å². The van der Waals surface area contributed by atoms with E-state index in [1.165, 1.54) is 12.5 Å². The summed E-state index contributed by atoms with van der Waals surface area (Å²) in [5.74, 6) is 0.426. The zero-order chi connectivity index (χ0) is 13.7. The molecule has 96 valence electrons. The van der Waals surface area contributed by atoms with Crippen LogP contribution in [0.25, 0.3) is 5.53 Å². The van der Waals surface area contributed by atoms with Crippen molar-refractivity contribution in [3.63, 3.8) is 0 Å². The Morgan fingerprint density at radius 2 is 1.83 bits per heavy atom. The summed E-state index contributed by atoms with van der Waals surface area (Å²) in [4.78, 5) is 14.8. The lowest BCUT2D eigenvalue weighted by Gasteiger charge is -2.20. The lowest BCUT2D eigenvalue weighted by atomic mass is 9.83. The van der Waals surface area contributed by atoms with Gasteiger partial charge in [0.2, 0.25) is 5.78 Å². The topological polar surface area (TPSA) is 53.5 Å². The zero-order valence-corrected chi connectivity index (χ0v) is 11.5. The highest BCUT2D eigenvalue weighted by Crippen LogP contribution is 2.28. The van der Waals surface area contributed by atoms with E-state index < -0.39 is 0 Å². The van der Waals surface area contributed by atoms with Crippen molar-refractivity contribution in [2.24, 2.45) is 5.92 Å². The first-order valence-electron chi connectivity index (χ1n) is 6.24. The third-order valence-electron chi connectivity index (χ3n) is 3.27. The van der Waals surface area contributed by atoms with Gasteiger partial charge in [0.25, 0.3) is 0 Å². The first-order valence-corrected chi connectivity index (χ1v) is 6.24. The fourth-order valence-electron chi connectivity index (χ4n) is 1.96. The van der Waals surface area contributed by atoms with Crippen LogP contribution in [0.1, 0.15) is 44.2 Å². The Labute approximate surface area is 108 Å². The number of rotatable bonds is 5. The number of benzene rings is 1. The third kappa shape index (κ3) is 3.64. The fraction of sp³-hybridized carbons (Fsp3) is 0.467. The molecule has 0 fully saturated rings. The molecule has 0 heterocycles. The molecule has 1 rings (SSSR count). The molecule has 1 atom stereocenters. The highest BCUT2D eigenvalue weighted by atomic mass is 16.1. The van der Waals surface area contributed by atoms with Crippen molar-refractivity contribution in [2.45, 2.75) is 40.0 Å². The van der Waals surface area contributed by atoms with E-state index in [9.17, 15) is 4.79 Å². The van der Waals surface area contributed by atoms with Crippen LogP contribution in [0.3, 0.4) is 0 Å². The summed E-state index contributed by atoms with van der Waals surface area (Å²) in [5.41, 5.74) is 11.2. The average Bonchev–Trinajstić information content (AvgIpc) is 2.35. The summed E-state index contributed by atoms with van der Waals surface area (Å²) >= 11 is 0. The molecular formula is C15H20N2O. The summed E-state index contributed by atoms with van der Waals surface area (Å²) in [6, 6.07) is 8.25. The van der Waals surface area contributed by atoms with Gasteiger partial charge < -0.3 is 5.53 Å². The van der Waals surface area contributed by atoms with Crippen LogP contribution < -0.4 is 0 Å². The predicted octanol–water partition coefficient (Wildman–Crippen LogP) is 3.38. The maximum absolute atomic E-state index is 11.8. The number of carbonyl (C=O) groups is 1. The van der Waals surface area contributed by atoms with E-state index in [0.29, 0.717) is 12.3 Å². The molecule has 3 heteroatoms. The number of Topliss-reactive ketones (excluding diaryl/α,β-unsaturated/α-hetero) is 1.